The van der Waals surface area contributed by atoms with Crippen molar-refractivity contribution < 1.29 is 8.42 Å². The Morgan fingerprint density at radius 3 is 2.63 bits per heavy atom. The zero-order valence-corrected chi connectivity index (χ0v) is 12.3. The van der Waals surface area contributed by atoms with Crippen LogP contribution in [0.5, 0.6) is 0 Å². The molecule has 3 N–H and O–H groups in total. The fraction of sp³-hybridized carbons (Fsp3) is 0.250. The van der Waals surface area contributed by atoms with Crippen molar-refractivity contribution in [2.75, 3.05) is 5.73 Å². The van der Waals surface area contributed by atoms with Gasteiger partial charge in [-0.25, -0.2) is 18.1 Å². The van der Waals surface area contributed by atoms with E-state index < -0.39 is 10.0 Å². The quantitative estimate of drug-likeness (QED) is 0.843. The van der Waals surface area contributed by atoms with E-state index >= 15 is 0 Å². The van der Waals surface area contributed by atoms with Gasteiger partial charge in [0.05, 0.1) is 9.90 Å². The van der Waals surface area contributed by atoms with Crippen molar-refractivity contribution in [3.63, 3.8) is 0 Å². The Kier molecular flexibility index (Phi) is 3.88. The molecule has 0 atom stereocenters. The van der Waals surface area contributed by atoms with E-state index in [-0.39, 0.29) is 11.4 Å². The van der Waals surface area contributed by atoms with Gasteiger partial charge in [-0.1, -0.05) is 0 Å². The summed E-state index contributed by atoms with van der Waals surface area (Å²) in [5.41, 5.74) is 6.92. The smallest absolute Gasteiger partial charge is 0.240 e. The van der Waals surface area contributed by atoms with Crippen LogP contribution in [0.2, 0.25) is 0 Å². The Hall–Kier alpha value is -1.44. The summed E-state index contributed by atoms with van der Waals surface area (Å²) >= 11 is 1.47. The molecule has 0 saturated heterocycles. The van der Waals surface area contributed by atoms with Gasteiger partial charge in [0.2, 0.25) is 10.0 Å². The molecule has 0 spiro atoms. The Balaban J connectivity index is 2.18. The van der Waals surface area contributed by atoms with Crippen LogP contribution in [-0.2, 0) is 16.6 Å². The van der Waals surface area contributed by atoms with Crippen LogP contribution >= 0.6 is 11.3 Å². The number of anilines is 1. The lowest BCUT2D eigenvalue weighted by atomic mass is 10.2. The molecule has 5 nitrogen and oxygen atoms in total. The van der Waals surface area contributed by atoms with E-state index in [2.05, 4.69) is 9.71 Å². The monoisotopic (exact) mass is 297 g/mol. The first-order chi connectivity index (χ1) is 8.87. The summed E-state index contributed by atoms with van der Waals surface area (Å²) < 4.78 is 26.8. The lowest BCUT2D eigenvalue weighted by Crippen LogP contribution is -2.23. The van der Waals surface area contributed by atoms with E-state index in [1.54, 1.807) is 18.3 Å². The van der Waals surface area contributed by atoms with Crippen LogP contribution in [0, 0.1) is 13.8 Å². The van der Waals surface area contributed by atoms with Crippen LogP contribution < -0.4 is 10.5 Å². The molecule has 1 heterocycles. The number of nitrogens with zero attached hydrogens (tertiary/aromatic N) is 1. The highest BCUT2D eigenvalue weighted by molar-refractivity contribution is 7.89. The number of benzene rings is 1. The summed E-state index contributed by atoms with van der Waals surface area (Å²) in [5, 5.41) is 0.911. The standard InChI is InChI=1S/C12H15N3O2S2/c1-8-3-10(13)5-12(4-8)19(16,17)15-7-11-6-14-9(2)18-11/h3-6,15H,7,13H2,1-2H3. The van der Waals surface area contributed by atoms with Crippen molar-refractivity contribution in [1.29, 1.82) is 0 Å². The zero-order valence-electron chi connectivity index (χ0n) is 10.7. The Morgan fingerprint density at radius 1 is 1.32 bits per heavy atom. The van der Waals surface area contributed by atoms with Gasteiger partial charge in [0.25, 0.3) is 0 Å². The van der Waals surface area contributed by atoms with Crippen molar-refractivity contribution in [2.24, 2.45) is 0 Å². The molecule has 0 aliphatic heterocycles. The SMILES string of the molecule is Cc1cc(N)cc(S(=O)(=O)NCc2cnc(C)s2)c1. The first-order valence-electron chi connectivity index (χ1n) is 5.65. The van der Waals surface area contributed by atoms with Gasteiger partial charge in [-0.05, 0) is 37.6 Å². The summed E-state index contributed by atoms with van der Waals surface area (Å²) in [6, 6.07) is 4.77. The van der Waals surface area contributed by atoms with Gasteiger partial charge in [-0.15, -0.1) is 11.3 Å². The first-order valence-corrected chi connectivity index (χ1v) is 7.95. The van der Waals surface area contributed by atoms with Gasteiger partial charge in [0.1, 0.15) is 0 Å². The number of aromatic nitrogens is 1. The van der Waals surface area contributed by atoms with Gasteiger partial charge in [-0.2, -0.15) is 0 Å². The largest absolute Gasteiger partial charge is 0.399 e. The molecule has 0 fully saturated rings. The molecule has 0 amide bonds. The summed E-state index contributed by atoms with van der Waals surface area (Å²) in [4.78, 5) is 5.14. The zero-order chi connectivity index (χ0) is 14.0. The number of rotatable bonds is 4. The lowest BCUT2D eigenvalue weighted by molar-refractivity contribution is 0.581. The minimum Gasteiger partial charge on any atom is -0.399 e. The summed E-state index contributed by atoms with van der Waals surface area (Å²) in [7, 11) is -3.55. The number of nitrogens with one attached hydrogen (secondary N) is 1. The maximum atomic E-state index is 12.1. The number of hydrogen-bond acceptors (Lipinski definition) is 5. The minimum atomic E-state index is -3.55. The molecular weight excluding hydrogens is 282 g/mol. The Labute approximate surface area is 116 Å². The second-order valence-electron chi connectivity index (χ2n) is 4.25. The van der Waals surface area contributed by atoms with Crippen molar-refractivity contribution in [1.82, 2.24) is 9.71 Å². The van der Waals surface area contributed by atoms with Gasteiger partial charge >= 0.3 is 0 Å². The molecule has 0 bridgehead atoms. The van der Waals surface area contributed by atoms with Crippen LogP contribution in [0.25, 0.3) is 0 Å². The normalized spacial score (nSPS) is 11.7. The van der Waals surface area contributed by atoms with Crippen LogP contribution in [0.3, 0.4) is 0 Å². The van der Waals surface area contributed by atoms with Crippen LogP contribution in [-0.4, -0.2) is 13.4 Å². The molecule has 2 aromatic rings. The van der Waals surface area contributed by atoms with Gasteiger partial charge < -0.3 is 5.73 Å². The van der Waals surface area contributed by atoms with Crippen LogP contribution in [0.4, 0.5) is 5.69 Å². The van der Waals surface area contributed by atoms with E-state index in [1.165, 1.54) is 17.4 Å². The molecule has 0 unspecified atom stereocenters. The van der Waals surface area contributed by atoms with Gasteiger partial charge in [0.15, 0.2) is 0 Å². The fourth-order valence-corrected chi connectivity index (χ4v) is 3.64. The van der Waals surface area contributed by atoms with Crippen molar-refractivity contribution in [3.8, 4) is 0 Å². The second-order valence-corrected chi connectivity index (χ2v) is 7.34. The second kappa shape index (κ2) is 5.28. The predicted molar refractivity (Wildman–Crippen MR) is 76.5 cm³/mol. The maximum Gasteiger partial charge on any atom is 0.240 e. The molecule has 7 heteroatoms. The number of aryl methyl sites for hydroxylation is 2. The third kappa shape index (κ3) is 3.52. The molecule has 2 rings (SSSR count). The molecule has 19 heavy (non-hydrogen) atoms. The lowest BCUT2D eigenvalue weighted by Gasteiger charge is -2.07. The topological polar surface area (TPSA) is 85.1 Å². The van der Waals surface area contributed by atoms with E-state index in [0.29, 0.717) is 5.69 Å². The average molecular weight is 297 g/mol. The van der Waals surface area contributed by atoms with Crippen LogP contribution in [0.1, 0.15) is 15.4 Å². The first kappa shape index (κ1) is 14.0. The third-order valence-corrected chi connectivity index (χ3v) is 4.78. The van der Waals surface area contributed by atoms with Crippen molar-refractivity contribution >= 4 is 27.0 Å². The molecule has 1 aromatic carbocycles. The fourth-order valence-electron chi connectivity index (χ4n) is 1.67. The molecule has 0 aliphatic carbocycles. The molecule has 102 valence electrons. The summed E-state index contributed by atoms with van der Waals surface area (Å²) in [6.07, 6.45) is 1.67. The molecule has 0 saturated carbocycles. The van der Waals surface area contributed by atoms with E-state index in [9.17, 15) is 8.42 Å². The van der Waals surface area contributed by atoms with Gasteiger partial charge in [-0.3, -0.25) is 0 Å². The van der Waals surface area contributed by atoms with Crippen molar-refractivity contribution in [3.05, 3.63) is 39.8 Å². The highest BCUT2D eigenvalue weighted by atomic mass is 32.2. The average Bonchev–Trinajstić information content (AvgIpc) is 2.71. The number of sulfonamides is 1. The summed E-state index contributed by atoms with van der Waals surface area (Å²) in [5.74, 6) is 0. The predicted octanol–water partition coefficient (Wildman–Crippen LogP) is 1.82. The van der Waals surface area contributed by atoms with E-state index in [4.69, 9.17) is 5.73 Å². The molecule has 1 aromatic heterocycles. The number of nitrogen functional groups attached to an aromatic ring is 1. The van der Waals surface area contributed by atoms with Crippen molar-refractivity contribution in [2.45, 2.75) is 25.3 Å². The maximum absolute atomic E-state index is 12.1. The number of nitrogens with two attached hydrogens (primary N) is 1. The van der Waals surface area contributed by atoms with E-state index in [0.717, 1.165) is 15.4 Å². The third-order valence-electron chi connectivity index (χ3n) is 2.49. The molecule has 0 radical (unpaired) electrons. The number of thiazole rings is 1. The van der Waals surface area contributed by atoms with Crippen LogP contribution in [0.15, 0.2) is 29.3 Å². The minimum absolute atomic E-state index is 0.186. The Morgan fingerprint density at radius 2 is 2.05 bits per heavy atom. The molecular formula is C12H15N3O2S2. The highest BCUT2D eigenvalue weighted by Crippen LogP contribution is 2.17. The van der Waals surface area contributed by atoms with Gasteiger partial charge in [0, 0.05) is 23.3 Å². The molecule has 0 aliphatic rings. The summed E-state index contributed by atoms with van der Waals surface area (Å²) in [6.45, 7) is 3.92. The van der Waals surface area contributed by atoms with E-state index in [1.807, 2.05) is 13.8 Å². The Bertz CT molecular complexity index is 673. The number of hydrogen-bond donors (Lipinski definition) is 2. The highest BCUT2D eigenvalue weighted by Gasteiger charge is 2.15.